The van der Waals surface area contributed by atoms with Crippen LogP contribution in [0.25, 0.3) is 0 Å². The van der Waals surface area contributed by atoms with E-state index in [1.54, 1.807) is 0 Å². The molecule has 3 N–H and O–H groups in total. The molecule has 0 aromatic heterocycles. The van der Waals surface area contributed by atoms with Crippen LogP contribution in [0.3, 0.4) is 0 Å². The summed E-state index contributed by atoms with van der Waals surface area (Å²) in [6.07, 6.45) is 8.78. The third-order valence-electron chi connectivity index (χ3n) is 12.1. The fourth-order valence-electron chi connectivity index (χ4n) is 10.6. The zero-order valence-electron chi connectivity index (χ0n) is 19.9. The Morgan fingerprint density at radius 3 is 2.39 bits per heavy atom. The Hall–Kier alpha value is -0.160. The lowest BCUT2D eigenvalue weighted by atomic mass is 9.50. The SMILES string of the molecule is C[C@@H]1CC[C@@H]2[C@H](C)[C@H]3CC[C@@]4(O)[C@@H]5C[C@@H](O)[C@H]6C[C@H](O)CC[C@]6(C)[C@H]5C[C@H]4[C@@H]3CN2C1. The van der Waals surface area contributed by atoms with E-state index in [1.807, 2.05) is 0 Å². The van der Waals surface area contributed by atoms with Crippen LogP contribution in [-0.4, -0.2) is 57.2 Å². The number of nitrogens with zero attached hydrogens (tertiary/aromatic N) is 1. The number of fused-ring (bicyclic) bond motifs is 8. The molecule has 0 bridgehead atoms. The zero-order valence-corrected chi connectivity index (χ0v) is 19.9. The van der Waals surface area contributed by atoms with Gasteiger partial charge in [0.25, 0.3) is 0 Å². The van der Waals surface area contributed by atoms with Crippen molar-refractivity contribution in [1.82, 2.24) is 4.90 Å². The second-order valence-corrected chi connectivity index (χ2v) is 13.3. The molecule has 13 atom stereocenters. The van der Waals surface area contributed by atoms with Gasteiger partial charge in [-0.1, -0.05) is 20.8 Å². The van der Waals surface area contributed by atoms with Gasteiger partial charge in [-0.2, -0.15) is 0 Å². The van der Waals surface area contributed by atoms with E-state index < -0.39 is 5.60 Å². The van der Waals surface area contributed by atoms with Crippen LogP contribution in [0, 0.1) is 52.8 Å². The maximum Gasteiger partial charge on any atom is 0.0711 e. The van der Waals surface area contributed by atoms with Crippen LogP contribution in [-0.2, 0) is 0 Å². The Kier molecular flexibility index (Phi) is 4.94. The fraction of sp³-hybridized carbons (Fsp3) is 1.00. The van der Waals surface area contributed by atoms with E-state index >= 15 is 0 Å². The first-order chi connectivity index (χ1) is 14.7. The highest BCUT2D eigenvalue weighted by atomic mass is 16.3. The minimum absolute atomic E-state index is 0.0760. The summed E-state index contributed by atoms with van der Waals surface area (Å²) in [5.41, 5.74) is -0.503. The molecule has 2 aliphatic heterocycles. The van der Waals surface area contributed by atoms with Crippen molar-refractivity contribution >= 4 is 0 Å². The lowest BCUT2D eigenvalue weighted by molar-refractivity contribution is -0.176. The van der Waals surface area contributed by atoms with E-state index in [9.17, 15) is 15.3 Å². The summed E-state index contributed by atoms with van der Waals surface area (Å²) >= 11 is 0. The third kappa shape index (κ3) is 2.93. The van der Waals surface area contributed by atoms with E-state index in [0.29, 0.717) is 17.8 Å². The van der Waals surface area contributed by atoms with E-state index in [4.69, 9.17) is 0 Å². The van der Waals surface area contributed by atoms with E-state index in [1.165, 1.54) is 32.4 Å². The molecule has 4 heteroatoms. The molecule has 0 spiro atoms. The summed E-state index contributed by atoms with van der Waals surface area (Å²) in [5, 5.41) is 33.8. The summed E-state index contributed by atoms with van der Waals surface area (Å²) < 4.78 is 0. The highest BCUT2D eigenvalue weighted by molar-refractivity contribution is 5.17. The van der Waals surface area contributed by atoms with Gasteiger partial charge in [0.1, 0.15) is 0 Å². The number of piperidine rings is 2. The predicted octanol–water partition coefficient (Wildman–Crippen LogP) is 3.68. The van der Waals surface area contributed by atoms with Gasteiger partial charge in [0.15, 0.2) is 0 Å². The summed E-state index contributed by atoms with van der Waals surface area (Å²) in [6, 6.07) is 0.760. The number of aliphatic hydroxyl groups excluding tert-OH is 2. The first-order valence-electron chi connectivity index (χ1n) is 13.5. The van der Waals surface area contributed by atoms with Crippen LogP contribution < -0.4 is 0 Å². The largest absolute Gasteiger partial charge is 0.393 e. The second kappa shape index (κ2) is 7.17. The monoisotopic (exact) mass is 431 g/mol. The third-order valence-corrected chi connectivity index (χ3v) is 12.1. The summed E-state index contributed by atoms with van der Waals surface area (Å²) in [6.45, 7) is 9.76. The van der Waals surface area contributed by atoms with Crippen LogP contribution in [0.4, 0.5) is 0 Å². The van der Waals surface area contributed by atoms with Crippen molar-refractivity contribution < 1.29 is 15.3 Å². The van der Waals surface area contributed by atoms with Crippen molar-refractivity contribution in [3.05, 3.63) is 0 Å². The first-order valence-corrected chi connectivity index (χ1v) is 13.5. The fourth-order valence-corrected chi connectivity index (χ4v) is 10.6. The average molecular weight is 432 g/mol. The standard InChI is InChI=1S/C27H45NO3/c1-15-4-5-24-16(2)18-7-9-27(31)20(19(18)14-28(24)13-15)11-21-22(27)12-25(30)23-10-17(29)6-8-26(21,23)3/h15-25,29-31H,4-14H2,1-3H3/t15-,16-,17-,18-,19-,20+,21+,22-,23-,24-,25-,26-,27+/m1/s1. The molecular weight excluding hydrogens is 386 g/mol. The molecular formula is C27H45NO3. The van der Waals surface area contributed by atoms with Crippen LogP contribution in [0.2, 0.25) is 0 Å². The molecule has 0 amide bonds. The molecule has 6 fully saturated rings. The highest BCUT2D eigenvalue weighted by Gasteiger charge is 2.67. The van der Waals surface area contributed by atoms with Gasteiger partial charge in [0, 0.05) is 19.1 Å². The molecule has 0 radical (unpaired) electrons. The first kappa shape index (κ1) is 21.4. The maximum atomic E-state index is 12.3. The molecule has 4 aliphatic carbocycles. The summed E-state index contributed by atoms with van der Waals surface area (Å²) in [4.78, 5) is 2.81. The van der Waals surface area contributed by atoms with Crippen LogP contribution in [0.5, 0.6) is 0 Å². The molecule has 4 saturated carbocycles. The van der Waals surface area contributed by atoms with E-state index in [2.05, 4.69) is 25.7 Å². The second-order valence-electron chi connectivity index (χ2n) is 13.3. The molecule has 2 saturated heterocycles. The van der Waals surface area contributed by atoms with Crippen molar-refractivity contribution in [3.8, 4) is 0 Å². The number of rotatable bonds is 0. The summed E-state index contributed by atoms with van der Waals surface area (Å²) in [7, 11) is 0. The lowest BCUT2D eigenvalue weighted by Crippen LogP contribution is -2.62. The molecule has 176 valence electrons. The molecule has 2 heterocycles. The van der Waals surface area contributed by atoms with Crippen molar-refractivity contribution in [2.45, 2.75) is 102 Å². The van der Waals surface area contributed by atoms with Crippen molar-refractivity contribution in [2.75, 3.05) is 13.1 Å². The molecule has 6 aliphatic rings. The Morgan fingerprint density at radius 2 is 1.58 bits per heavy atom. The van der Waals surface area contributed by atoms with Crippen molar-refractivity contribution in [2.24, 2.45) is 52.8 Å². The summed E-state index contributed by atoms with van der Waals surface area (Å²) in [5.74, 6) is 4.30. The Balaban J connectivity index is 1.32. The van der Waals surface area contributed by atoms with Crippen LogP contribution in [0.15, 0.2) is 0 Å². The minimum Gasteiger partial charge on any atom is -0.393 e. The number of aliphatic hydroxyl groups is 3. The van der Waals surface area contributed by atoms with Crippen molar-refractivity contribution in [3.63, 3.8) is 0 Å². The van der Waals surface area contributed by atoms with E-state index in [-0.39, 0.29) is 29.5 Å². The maximum absolute atomic E-state index is 12.3. The quantitative estimate of drug-likeness (QED) is 0.547. The van der Waals surface area contributed by atoms with Gasteiger partial charge in [0.05, 0.1) is 17.8 Å². The minimum atomic E-state index is -0.579. The van der Waals surface area contributed by atoms with Gasteiger partial charge in [-0.3, -0.25) is 4.90 Å². The van der Waals surface area contributed by atoms with Gasteiger partial charge < -0.3 is 15.3 Å². The van der Waals surface area contributed by atoms with Gasteiger partial charge in [-0.25, -0.2) is 0 Å². The Bertz CT molecular complexity index is 713. The number of hydrogen-bond acceptors (Lipinski definition) is 4. The lowest BCUT2D eigenvalue weighted by Gasteiger charge is -2.59. The van der Waals surface area contributed by atoms with Gasteiger partial charge in [-0.15, -0.1) is 0 Å². The number of hydrogen-bond donors (Lipinski definition) is 3. The van der Waals surface area contributed by atoms with Gasteiger partial charge in [0.2, 0.25) is 0 Å². The van der Waals surface area contributed by atoms with E-state index in [0.717, 1.165) is 62.3 Å². The molecule has 4 nitrogen and oxygen atoms in total. The van der Waals surface area contributed by atoms with Gasteiger partial charge >= 0.3 is 0 Å². The van der Waals surface area contributed by atoms with Crippen LogP contribution in [0.1, 0.15) is 78.6 Å². The molecule has 31 heavy (non-hydrogen) atoms. The Labute approximate surface area is 188 Å². The smallest absolute Gasteiger partial charge is 0.0711 e. The Morgan fingerprint density at radius 1 is 0.774 bits per heavy atom. The zero-order chi connectivity index (χ0) is 21.7. The molecule has 6 rings (SSSR count). The average Bonchev–Trinajstić information content (AvgIpc) is 3.03. The predicted molar refractivity (Wildman–Crippen MR) is 121 cm³/mol. The van der Waals surface area contributed by atoms with Crippen molar-refractivity contribution in [1.29, 1.82) is 0 Å². The normalized spacial score (nSPS) is 61.5. The molecule has 0 unspecified atom stereocenters. The van der Waals surface area contributed by atoms with Crippen LogP contribution >= 0.6 is 0 Å². The topological polar surface area (TPSA) is 63.9 Å². The van der Waals surface area contributed by atoms with Gasteiger partial charge in [-0.05, 0) is 111 Å². The highest BCUT2D eigenvalue weighted by Crippen LogP contribution is 2.68. The molecule has 0 aromatic rings. The molecule has 0 aromatic carbocycles.